The Bertz CT molecular complexity index is 716. The molecular formula is C22H29BrN2O2. The molecule has 0 aromatic heterocycles. The molecule has 4 nitrogen and oxygen atoms in total. The van der Waals surface area contributed by atoms with Crippen LogP contribution in [0.15, 0.2) is 46.9 Å². The maximum absolute atomic E-state index is 6.11. The van der Waals surface area contributed by atoms with Crippen LogP contribution < -0.4 is 9.47 Å². The van der Waals surface area contributed by atoms with Crippen LogP contribution >= 0.6 is 15.9 Å². The number of piperazine rings is 1. The van der Waals surface area contributed by atoms with Gasteiger partial charge in [-0.05, 0) is 59.6 Å². The Labute approximate surface area is 171 Å². The van der Waals surface area contributed by atoms with Crippen molar-refractivity contribution in [3.63, 3.8) is 0 Å². The van der Waals surface area contributed by atoms with Gasteiger partial charge >= 0.3 is 0 Å². The lowest BCUT2D eigenvalue weighted by molar-refractivity contribution is 0.153. The quantitative estimate of drug-likeness (QED) is 0.623. The third-order valence-corrected chi connectivity index (χ3v) is 5.97. The topological polar surface area (TPSA) is 24.9 Å². The lowest BCUT2D eigenvalue weighted by Crippen LogP contribution is -2.44. The highest BCUT2D eigenvalue weighted by Gasteiger charge is 2.16. The molecule has 1 heterocycles. The number of halogens is 1. The molecule has 0 atom stereocenters. The summed E-state index contributed by atoms with van der Waals surface area (Å²) < 4.78 is 12.6. The van der Waals surface area contributed by atoms with Gasteiger partial charge < -0.3 is 19.3 Å². The summed E-state index contributed by atoms with van der Waals surface area (Å²) in [6, 6.07) is 14.4. The SMILES string of the molecule is COc1ccc(CCCN2CCN(C)CC2)c(Br)c1OCc1ccccc1. The van der Waals surface area contributed by atoms with Crippen molar-refractivity contribution in [1.29, 1.82) is 0 Å². The van der Waals surface area contributed by atoms with Gasteiger partial charge in [-0.25, -0.2) is 0 Å². The highest BCUT2D eigenvalue weighted by molar-refractivity contribution is 9.10. The fourth-order valence-electron chi connectivity index (χ4n) is 3.36. The van der Waals surface area contributed by atoms with Crippen LogP contribution in [0.5, 0.6) is 11.5 Å². The number of methoxy groups -OCH3 is 1. The van der Waals surface area contributed by atoms with E-state index in [1.807, 2.05) is 24.3 Å². The second-order valence-electron chi connectivity index (χ2n) is 7.09. The third-order valence-electron chi connectivity index (χ3n) is 5.10. The largest absolute Gasteiger partial charge is 0.493 e. The summed E-state index contributed by atoms with van der Waals surface area (Å²) in [5, 5.41) is 0. The standard InChI is InChI=1S/C22H29BrN2O2/c1-24-13-15-25(16-14-24)12-6-9-19-10-11-20(26-2)22(21(19)23)27-17-18-7-4-3-5-8-18/h3-5,7-8,10-11H,6,9,12-17H2,1-2H3. The van der Waals surface area contributed by atoms with Crippen molar-refractivity contribution in [1.82, 2.24) is 9.80 Å². The second-order valence-corrected chi connectivity index (χ2v) is 7.89. The van der Waals surface area contributed by atoms with E-state index >= 15 is 0 Å². The van der Waals surface area contributed by atoms with Gasteiger partial charge in [0.2, 0.25) is 0 Å². The van der Waals surface area contributed by atoms with Crippen molar-refractivity contribution >= 4 is 15.9 Å². The van der Waals surface area contributed by atoms with Crippen LogP contribution in [0.1, 0.15) is 17.5 Å². The van der Waals surface area contributed by atoms with Crippen molar-refractivity contribution in [2.24, 2.45) is 0 Å². The Morgan fingerprint density at radius 1 is 1.00 bits per heavy atom. The highest BCUT2D eigenvalue weighted by atomic mass is 79.9. The molecule has 2 aromatic rings. The molecule has 1 aliphatic rings. The molecule has 0 unspecified atom stereocenters. The second kappa shape index (κ2) is 10.1. The lowest BCUT2D eigenvalue weighted by atomic mass is 10.1. The Morgan fingerprint density at radius 3 is 2.44 bits per heavy atom. The number of nitrogens with zero attached hydrogens (tertiary/aromatic N) is 2. The zero-order chi connectivity index (χ0) is 19.1. The summed E-state index contributed by atoms with van der Waals surface area (Å²) in [5.41, 5.74) is 2.42. The first-order valence-electron chi connectivity index (χ1n) is 9.60. The molecule has 1 fully saturated rings. The summed E-state index contributed by atoms with van der Waals surface area (Å²) in [4.78, 5) is 4.96. The maximum Gasteiger partial charge on any atom is 0.176 e. The van der Waals surface area contributed by atoms with Crippen molar-refractivity contribution in [3.8, 4) is 11.5 Å². The van der Waals surface area contributed by atoms with Crippen LogP contribution in [0.2, 0.25) is 0 Å². The predicted octanol–water partition coefficient (Wildman–Crippen LogP) is 4.22. The first-order chi connectivity index (χ1) is 13.2. The molecule has 0 N–H and O–H groups in total. The van der Waals surface area contributed by atoms with Gasteiger partial charge in [0.15, 0.2) is 11.5 Å². The Hall–Kier alpha value is -1.56. The average Bonchev–Trinajstić information content (AvgIpc) is 2.70. The molecule has 146 valence electrons. The Balaban J connectivity index is 1.60. The zero-order valence-corrected chi connectivity index (χ0v) is 17.9. The molecule has 1 saturated heterocycles. The van der Waals surface area contributed by atoms with Gasteiger partial charge in [-0.1, -0.05) is 36.4 Å². The fraction of sp³-hybridized carbons (Fsp3) is 0.455. The van der Waals surface area contributed by atoms with E-state index < -0.39 is 0 Å². The summed E-state index contributed by atoms with van der Waals surface area (Å²) in [6.07, 6.45) is 2.17. The van der Waals surface area contributed by atoms with Gasteiger partial charge in [0.1, 0.15) is 6.61 Å². The van der Waals surface area contributed by atoms with E-state index in [2.05, 4.69) is 51.0 Å². The monoisotopic (exact) mass is 432 g/mol. The smallest absolute Gasteiger partial charge is 0.176 e. The zero-order valence-electron chi connectivity index (χ0n) is 16.3. The molecule has 0 spiro atoms. The van der Waals surface area contributed by atoms with Crippen molar-refractivity contribution in [3.05, 3.63) is 58.1 Å². The lowest BCUT2D eigenvalue weighted by Gasteiger charge is -2.32. The Kier molecular flexibility index (Phi) is 7.56. The summed E-state index contributed by atoms with van der Waals surface area (Å²) in [7, 11) is 3.88. The summed E-state index contributed by atoms with van der Waals surface area (Å²) >= 11 is 3.76. The average molecular weight is 433 g/mol. The molecule has 0 amide bonds. The number of ether oxygens (including phenoxy) is 2. The number of benzene rings is 2. The number of likely N-dealkylation sites (N-methyl/N-ethyl adjacent to an activating group) is 1. The van der Waals surface area contributed by atoms with Crippen LogP contribution in [0.25, 0.3) is 0 Å². The van der Waals surface area contributed by atoms with Crippen LogP contribution in [0.3, 0.4) is 0 Å². The van der Waals surface area contributed by atoms with Gasteiger partial charge in [-0.15, -0.1) is 0 Å². The molecule has 27 heavy (non-hydrogen) atoms. The van der Waals surface area contributed by atoms with Gasteiger partial charge in [-0.2, -0.15) is 0 Å². The van der Waals surface area contributed by atoms with E-state index in [9.17, 15) is 0 Å². The van der Waals surface area contributed by atoms with Crippen LogP contribution in [-0.2, 0) is 13.0 Å². The van der Waals surface area contributed by atoms with Gasteiger partial charge in [0.05, 0.1) is 11.6 Å². The Morgan fingerprint density at radius 2 is 1.74 bits per heavy atom. The first-order valence-corrected chi connectivity index (χ1v) is 10.4. The molecule has 0 radical (unpaired) electrons. The van der Waals surface area contributed by atoms with Crippen molar-refractivity contribution in [2.45, 2.75) is 19.4 Å². The minimum atomic E-state index is 0.528. The number of hydrogen-bond donors (Lipinski definition) is 0. The van der Waals surface area contributed by atoms with E-state index in [4.69, 9.17) is 9.47 Å². The van der Waals surface area contributed by atoms with Crippen LogP contribution in [-0.4, -0.2) is 56.7 Å². The van der Waals surface area contributed by atoms with E-state index in [1.54, 1.807) is 7.11 Å². The van der Waals surface area contributed by atoms with Gasteiger partial charge in [0, 0.05) is 26.2 Å². The molecule has 5 heteroatoms. The highest BCUT2D eigenvalue weighted by Crippen LogP contribution is 2.38. The molecule has 0 bridgehead atoms. The van der Waals surface area contributed by atoms with Crippen LogP contribution in [0, 0.1) is 0 Å². The minimum Gasteiger partial charge on any atom is -0.493 e. The first kappa shape index (κ1) is 20.2. The van der Waals surface area contributed by atoms with Crippen LogP contribution in [0.4, 0.5) is 0 Å². The number of hydrogen-bond acceptors (Lipinski definition) is 4. The van der Waals surface area contributed by atoms with E-state index in [1.165, 1.54) is 31.7 Å². The third kappa shape index (κ3) is 5.71. The molecule has 1 aliphatic heterocycles. The molecule has 0 aliphatic carbocycles. The maximum atomic E-state index is 6.11. The van der Waals surface area contributed by atoms with Gasteiger partial charge in [-0.3, -0.25) is 0 Å². The van der Waals surface area contributed by atoms with E-state index in [0.717, 1.165) is 40.9 Å². The van der Waals surface area contributed by atoms with E-state index in [0.29, 0.717) is 6.61 Å². The summed E-state index contributed by atoms with van der Waals surface area (Å²) in [5.74, 6) is 1.55. The molecule has 2 aromatic carbocycles. The van der Waals surface area contributed by atoms with Gasteiger partial charge in [0.25, 0.3) is 0 Å². The molecule has 3 rings (SSSR count). The molecule has 0 saturated carbocycles. The van der Waals surface area contributed by atoms with Crippen molar-refractivity contribution in [2.75, 3.05) is 46.9 Å². The fourth-order valence-corrected chi connectivity index (χ4v) is 4.00. The number of rotatable bonds is 8. The van der Waals surface area contributed by atoms with E-state index in [-0.39, 0.29) is 0 Å². The van der Waals surface area contributed by atoms with Crippen molar-refractivity contribution < 1.29 is 9.47 Å². The normalized spacial score (nSPS) is 15.7. The minimum absolute atomic E-state index is 0.528. The predicted molar refractivity (Wildman–Crippen MR) is 114 cm³/mol. The summed E-state index contributed by atoms with van der Waals surface area (Å²) in [6.45, 7) is 6.36. The molecular weight excluding hydrogens is 404 g/mol. The number of aryl methyl sites for hydroxylation is 1.